The molecule has 1 aromatic heterocycles. The number of hydrogen-bond donors (Lipinski definition) is 2. The van der Waals surface area contributed by atoms with Crippen LogP contribution in [0.2, 0.25) is 0 Å². The van der Waals surface area contributed by atoms with Gasteiger partial charge in [-0.05, 0) is 43.7 Å². The molecule has 0 aromatic carbocycles. The summed E-state index contributed by atoms with van der Waals surface area (Å²) in [6, 6.07) is 3.82. The summed E-state index contributed by atoms with van der Waals surface area (Å²) in [5.41, 5.74) is 5.40. The van der Waals surface area contributed by atoms with Crippen molar-refractivity contribution in [2.24, 2.45) is 11.8 Å². The van der Waals surface area contributed by atoms with Crippen LogP contribution < -0.4 is 16.6 Å². The SMILES string of the molecule is N#C[C@H](C[C@@H]1CCCC1=O)NC(=O)[C@H](CC1CC1)n1cccc(N)c1=O. The van der Waals surface area contributed by atoms with Gasteiger partial charge in [0, 0.05) is 18.5 Å². The van der Waals surface area contributed by atoms with Gasteiger partial charge in [0.2, 0.25) is 5.91 Å². The normalized spacial score (nSPS) is 21.8. The highest BCUT2D eigenvalue weighted by Crippen LogP contribution is 2.36. The molecule has 1 heterocycles. The maximum Gasteiger partial charge on any atom is 0.274 e. The minimum atomic E-state index is -0.729. The van der Waals surface area contributed by atoms with Crippen molar-refractivity contribution in [3.63, 3.8) is 0 Å². The fourth-order valence-corrected chi connectivity index (χ4v) is 3.62. The molecular weight excluding hydrogens is 332 g/mol. The van der Waals surface area contributed by atoms with E-state index in [0.29, 0.717) is 25.2 Å². The van der Waals surface area contributed by atoms with Crippen molar-refractivity contribution >= 4 is 17.4 Å². The van der Waals surface area contributed by atoms with Gasteiger partial charge in [0.05, 0.1) is 11.8 Å². The average molecular weight is 356 g/mol. The molecule has 2 aliphatic rings. The van der Waals surface area contributed by atoms with E-state index in [1.807, 2.05) is 0 Å². The molecular formula is C19H24N4O3. The predicted octanol–water partition coefficient (Wildman–Crippen LogP) is 1.54. The number of pyridine rings is 1. The van der Waals surface area contributed by atoms with E-state index in [1.54, 1.807) is 12.3 Å². The molecule has 2 aliphatic carbocycles. The second-order valence-electron chi connectivity index (χ2n) is 7.35. The summed E-state index contributed by atoms with van der Waals surface area (Å²) < 4.78 is 1.36. The summed E-state index contributed by atoms with van der Waals surface area (Å²) in [5.74, 6) is 0.0654. The van der Waals surface area contributed by atoms with Crippen molar-refractivity contribution in [3.8, 4) is 6.07 Å². The van der Waals surface area contributed by atoms with Crippen LogP contribution in [0.5, 0.6) is 0 Å². The molecule has 0 saturated heterocycles. The van der Waals surface area contributed by atoms with Crippen LogP contribution in [0.3, 0.4) is 0 Å². The van der Waals surface area contributed by atoms with Gasteiger partial charge in [-0.1, -0.05) is 12.8 Å². The molecule has 0 aliphatic heterocycles. The Morgan fingerprint density at radius 1 is 1.35 bits per heavy atom. The Hall–Kier alpha value is -2.62. The van der Waals surface area contributed by atoms with Crippen LogP contribution >= 0.6 is 0 Å². The van der Waals surface area contributed by atoms with Gasteiger partial charge in [-0.3, -0.25) is 14.4 Å². The van der Waals surface area contributed by atoms with Crippen molar-refractivity contribution in [1.82, 2.24) is 9.88 Å². The molecule has 3 atom stereocenters. The van der Waals surface area contributed by atoms with Gasteiger partial charge >= 0.3 is 0 Å². The highest BCUT2D eigenvalue weighted by Gasteiger charge is 2.33. The summed E-state index contributed by atoms with van der Waals surface area (Å²) in [5, 5.41) is 12.1. The zero-order valence-corrected chi connectivity index (χ0v) is 14.7. The number of ketones is 1. The lowest BCUT2D eigenvalue weighted by Crippen LogP contribution is -2.43. The fourth-order valence-electron chi connectivity index (χ4n) is 3.62. The zero-order valence-electron chi connectivity index (χ0n) is 14.7. The summed E-state index contributed by atoms with van der Waals surface area (Å²) in [6.07, 6.45) is 6.70. The maximum atomic E-state index is 12.8. The number of nitrogens with one attached hydrogen (secondary N) is 1. The number of carbonyl (C=O) groups is 2. The van der Waals surface area contributed by atoms with E-state index in [9.17, 15) is 19.6 Å². The average Bonchev–Trinajstić information content (AvgIpc) is 3.36. The maximum absolute atomic E-state index is 12.8. The minimum Gasteiger partial charge on any atom is -0.394 e. The van der Waals surface area contributed by atoms with E-state index < -0.39 is 17.6 Å². The Bertz CT molecular complexity index is 791. The standard InChI is InChI=1S/C19H24N4O3/c20-11-14(10-13-3-1-5-17(13)24)22-18(25)16(9-12-6-7-12)23-8-2-4-15(21)19(23)26/h2,4,8,12-14,16H,1,3,5-7,9-10,21H2,(H,22,25)/t13-,14-,16-/m0/s1. The van der Waals surface area contributed by atoms with Crippen LogP contribution in [-0.2, 0) is 9.59 Å². The first-order valence-corrected chi connectivity index (χ1v) is 9.19. The lowest BCUT2D eigenvalue weighted by atomic mass is 9.97. The lowest BCUT2D eigenvalue weighted by molar-refractivity contribution is -0.126. The number of nitriles is 1. The van der Waals surface area contributed by atoms with E-state index in [-0.39, 0.29) is 23.3 Å². The largest absolute Gasteiger partial charge is 0.394 e. The lowest BCUT2D eigenvalue weighted by Gasteiger charge is -2.22. The highest BCUT2D eigenvalue weighted by atomic mass is 16.2. The first-order valence-electron chi connectivity index (χ1n) is 9.19. The van der Waals surface area contributed by atoms with Gasteiger partial charge in [-0.15, -0.1) is 0 Å². The van der Waals surface area contributed by atoms with E-state index in [4.69, 9.17) is 5.73 Å². The first-order chi connectivity index (χ1) is 12.5. The molecule has 138 valence electrons. The summed E-state index contributed by atoms with van der Waals surface area (Å²) in [6.45, 7) is 0. The fraction of sp³-hybridized carbons (Fsp3) is 0.579. The zero-order chi connectivity index (χ0) is 18.7. The number of anilines is 1. The number of hydrogen-bond acceptors (Lipinski definition) is 5. The van der Waals surface area contributed by atoms with Crippen molar-refractivity contribution in [2.75, 3.05) is 5.73 Å². The molecule has 1 aromatic rings. The quantitative estimate of drug-likeness (QED) is 0.768. The second-order valence-corrected chi connectivity index (χ2v) is 7.35. The third kappa shape index (κ3) is 4.13. The Labute approximate surface area is 152 Å². The van der Waals surface area contributed by atoms with E-state index >= 15 is 0 Å². The van der Waals surface area contributed by atoms with Gasteiger partial charge in [0.15, 0.2) is 0 Å². The molecule has 1 amide bonds. The molecule has 2 saturated carbocycles. The van der Waals surface area contributed by atoms with Gasteiger partial charge in [0.1, 0.15) is 17.9 Å². The Morgan fingerprint density at radius 3 is 2.73 bits per heavy atom. The summed E-state index contributed by atoms with van der Waals surface area (Å²) >= 11 is 0. The van der Waals surface area contributed by atoms with Crippen LogP contribution in [0, 0.1) is 23.2 Å². The molecule has 0 radical (unpaired) electrons. The molecule has 7 nitrogen and oxygen atoms in total. The van der Waals surface area contributed by atoms with E-state index in [2.05, 4.69) is 11.4 Å². The van der Waals surface area contributed by atoms with Crippen LogP contribution in [0.1, 0.15) is 51.0 Å². The number of nitrogen functional groups attached to an aromatic ring is 1. The predicted molar refractivity (Wildman–Crippen MR) is 96.0 cm³/mol. The molecule has 3 rings (SSSR count). The molecule has 7 heteroatoms. The van der Waals surface area contributed by atoms with Crippen molar-refractivity contribution < 1.29 is 9.59 Å². The smallest absolute Gasteiger partial charge is 0.274 e. The highest BCUT2D eigenvalue weighted by molar-refractivity contribution is 5.83. The molecule has 26 heavy (non-hydrogen) atoms. The summed E-state index contributed by atoms with van der Waals surface area (Å²) in [7, 11) is 0. The van der Waals surface area contributed by atoms with Crippen molar-refractivity contribution in [1.29, 1.82) is 5.26 Å². The number of Topliss-reactive ketones (excluding diaryl/α,β-unsaturated/α-hetero) is 1. The third-order valence-electron chi connectivity index (χ3n) is 5.32. The number of carbonyl (C=O) groups excluding carboxylic acids is 2. The Balaban J connectivity index is 1.74. The van der Waals surface area contributed by atoms with Crippen LogP contribution in [0.25, 0.3) is 0 Å². The van der Waals surface area contributed by atoms with E-state index in [0.717, 1.165) is 25.7 Å². The molecule has 0 unspecified atom stereocenters. The molecule has 2 fully saturated rings. The topological polar surface area (TPSA) is 118 Å². The van der Waals surface area contributed by atoms with Crippen LogP contribution in [-0.4, -0.2) is 22.3 Å². The van der Waals surface area contributed by atoms with Crippen LogP contribution in [0.15, 0.2) is 23.1 Å². The first kappa shape index (κ1) is 18.2. The van der Waals surface area contributed by atoms with Gasteiger partial charge in [0.25, 0.3) is 5.56 Å². The number of nitrogens with zero attached hydrogens (tertiary/aromatic N) is 2. The van der Waals surface area contributed by atoms with Gasteiger partial charge in [-0.25, -0.2) is 0 Å². The Morgan fingerprint density at radius 2 is 2.12 bits per heavy atom. The number of aromatic nitrogens is 1. The monoisotopic (exact) mass is 356 g/mol. The number of nitrogens with two attached hydrogens (primary N) is 1. The van der Waals surface area contributed by atoms with E-state index in [1.165, 1.54) is 10.6 Å². The molecule has 0 bridgehead atoms. The number of rotatable bonds is 7. The van der Waals surface area contributed by atoms with Gasteiger partial charge in [-0.2, -0.15) is 5.26 Å². The number of amides is 1. The third-order valence-corrected chi connectivity index (χ3v) is 5.32. The van der Waals surface area contributed by atoms with Crippen molar-refractivity contribution in [2.45, 2.75) is 57.0 Å². The minimum absolute atomic E-state index is 0.0921. The van der Waals surface area contributed by atoms with Crippen LogP contribution in [0.4, 0.5) is 5.69 Å². The van der Waals surface area contributed by atoms with Crippen molar-refractivity contribution in [3.05, 3.63) is 28.7 Å². The second kappa shape index (κ2) is 7.73. The molecule has 3 N–H and O–H groups in total. The Kier molecular flexibility index (Phi) is 5.40. The molecule has 0 spiro atoms. The van der Waals surface area contributed by atoms with Gasteiger partial charge < -0.3 is 15.6 Å². The summed E-state index contributed by atoms with van der Waals surface area (Å²) in [4.78, 5) is 37.0.